The van der Waals surface area contributed by atoms with Gasteiger partial charge in [-0.2, -0.15) is 9.97 Å². The third kappa shape index (κ3) is 5.37. The molecule has 34 heavy (non-hydrogen) atoms. The minimum absolute atomic E-state index is 0.457. The van der Waals surface area contributed by atoms with Crippen molar-refractivity contribution in [1.82, 2.24) is 15.0 Å². The molecule has 2 aromatic heterocycles. The lowest BCUT2D eigenvalue weighted by molar-refractivity contribution is 0.393. The number of anilines is 2. The second kappa shape index (κ2) is 10.6. The van der Waals surface area contributed by atoms with Crippen molar-refractivity contribution in [3.8, 4) is 23.0 Å². The molecule has 0 aliphatic carbocycles. The predicted octanol–water partition coefficient (Wildman–Crippen LogP) is 4.28. The van der Waals surface area contributed by atoms with E-state index in [2.05, 4.69) is 20.6 Å². The predicted molar refractivity (Wildman–Crippen MR) is 131 cm³/mol. The average molecular weight is 462 g/mol. The highest BCUT2D eigenvalue weighted by atomic mass is 16.5. The maximum Gasteiger partial charge on any atom is 0.227 e. The highest BCUT2D eigenvalue weighted by molar-refractivity contribution is 5.87. The standard InChI is InChI=1S/C25H27N5O4/c1-31-18-8-16(9-19(12-18)32-2)14-27-24-22-6-5-7-26-23(22)29-25(30-24)28-15-17-10-20(33-3)13-21(11-17)34-4/h5-13H,14-15H2,1-4H3,(H2,26,27,28,29,30). The number of ether oxygens (including phenoxy) is 4. The Morgan fingerprint density at radius 2 is 1.21 bits per heavy atom. The van der Waals surface area contributed by atoms with Crippen LogP contribution in [0.5, 0.6) is 23.0 Å². The molecule has 9 nitrogen and oxygen atoms in total. The molecule has 0 spiro atoms. The fraction of sp³-hybridized carbons (Fsp3) is 0.240. The van der Waals surface area contributed by atoms with Gasteiger partial charge >= 0.3 is 0 Å². The number of hydrogen-bond acceptors (Lipinski definition) is 9. The van der Waals surface area contributed by atoms with Crippen molar-refractivity contribution in [3.05, 3.63) is 65.9 Å². The summed E-state index contributed by atoms with van der Waals surface area (Å²) in [5.74, 6) is 4.01. The first-order valence-corrected chi connectivity index (χ1v) is 10.7. The first kappa shape index (κ1) is 22.9. The van der Waals surface area contributed by atoms with Crippen LogP contribution in [-0.4, -0.2) is 43.4 Å². The van der Waals surface area contributed by atoms with Gasteiger partial charge in [0, 0.05) is 31.4 Å². The van der Waals surface area contributed by atoms with Gasteiger partial charge in [-0.25, -0.2) is 4.98 Å². The largest absolute Gasteiger partial charge is 0.497 e. The molecule has 0 bridgehead atoms. The van der Waals surface area contributed by atoms with Crippen molar-refractivity contribution >= 4 is 22.8 Å². The zero-order valence-corrected chi connectivity index (χ0v) is 19.6. The lowest BCUT2D eigenvalue weighted by Crippen LogP contribution is -2.09. The summed E-state index contributed by atoms with van der Waals surface area (Å²) in [5.41, 5.74) is 2.55. The molecule has 4 rings (SSSR count). The van der Waals surface area contributed by atoms with Crippen molar-refractivity contribution in [2.24, 2.45) is 0 Å². The summed E-state index contributed by atoms with van der Waals surface area (Å²) in [6, 6.07) is 15.2. The van der Waals surface area contributed by atoms with Crippen LogP contribution in [0.4, 0.5) is 11.8 Å². The number of rotatable bonds is 10. The Kier molecular flexibility index (Phi) is 7.12. The van der Waals surface area contributed by atoms with Gasteiger partial charge in [0.1, 0.15) is 28.8 Å². The second-order valence-corrected chi connectivity index (χ2v) is 7.42. The molecule has 0 amide bonds. The van der Waals surface area contributed by atoms with E-state index in [1.807, 2.05) is 48.5 Å². The Labute approximate surface area is 198 Å². The van der Waals surface area contributed by atoms with Crippen LogP contribution < -0.4 is 29.6 Å². The van der Waals surface area contributed by atoms with Gasteiger partial charge in [-0.3, -0.25) is 0 Å². The van der Waals surface area contributed by atoms with Gasteiger partial charge in [0.2, 0.25) is 5.95 Å². The quantitative estimate of drug-likeness (QED) is 0.358. The topological polar surface area (TPSA) is 99.7 Å². The molecule has 0 radical (unpaired) electrons. The maximum atomic E-state index is 5.37. The van der Waals surface area contributed by atoms with Gasteiger partial charge in [-0.1, -0.05) is 0 Å². The summed E-state index contributed by atoms with van der Waals surface area (Å²) in [7, 11) is 6.51. The van der Waals surface area contributed by atoms with E-state index in [1.165, 1.54) is 0 Å². The van der Waals surface area contributed by atoms with Gasteiger partial charge in [0.15, 0.2) is 5.65 Å². The highest BCUT2D eigenvalue weighted by Crippen LogP contribution is 2.26. The zero-order chi connectivity index (χ0) is 23.9. The first-order valence-electron chi connectivity index (χ1n) is 10.7. The van der Waals surface area contributed by atoms with E-state index in [0.717, 1.165) is 28.0 Å². The van der Waals surface area contributed by atoms with Gasteiger partial charge in [0.25, 0.3) is 0 Å². The molecule has 0 aliphatic heterocycles. The molecule has 176 valence electrons. The smallest absolute Gasteiger partial charge is 0.227 e. The normalized spacial score (nSPS) is 10.6. The molecule has 9 heteroatoms. The molecule has 2 heterocycles. The van der Waals surface area contributed by atoms with Crippen molar-refractivity contribution in [1.29, 1.82) is 0 Å². The third-order valence-electron chi connectivity index (χ3n) is 5.20. The van der Waals surface area contributed by atoms with Gasteiger partial charge in [0.05, 0.1) is 33.8 Å². The second-order valence-electron chi connectivity index (χ2n) is 7.42. The lowest BCUT2D eigenvalue weighted by atomic mass is 10.2. The number of benzene rings is 2. The molecule has 0 fully saturated rings. The molecule has 0 unspecified atom stereocenters. The minimum Gasteiger partial charge on any atom is -0.497 e. The van der Waals surface area contributed by atoms with Gasteiger partial charge < -0.3 is 29.6 Å². The maximum absolute atomic E-state index is 5.37. The van der Waals surface area contributed by atoms with Gasteiger partial charge in [-0.15, -0.1) is 0 Å². The van der Waals surface area contributed by atoms with E-state index in [4.69, 9.17) is 23.9 Å². The average Bonchev–Trinajstić information content (AvgIpc) is 2.89. The fourth-order valence-corrected chi connectivity index (χ4v) is 3.48. The summed E-state index contributed by atoms with van der Waals surface area (Å²) in [4.78, 5) is 13.7. The number of hydrogen-bond donors (Lipinski definition) is 2. The van der Waals surface area contributed by atoms with Crippen molar-refractivity contribution in [2.45, 2.75) is 13.1 Å². The SMILES string of the molecule is COc1cc(CNc2nc(NCc3cc(OC)cc(OC)c3)c3cccnc3n2)cc(OC)c1. The number of nitrogens with one attached hydrogen (secondary N) is 2. The number of methoxy groups -OCH3 is 4. The van der Waals surface area contributed by atoms with Crippen LogP contribution in [0.25, 0.3) is 11.0 Å². The monoisotopic (exact) mass is 461 g/mol. The molecule has 0 aliphatic rings. The summed E-state index contributed by atoms with van der Waals surface area (Å²) < 4.78 is 21.5. The Morgan fingerprint density at radius 1 is 0.676 bits per heavy atom. The number of aromatic nitrogens is 3. The fourth-order valence-electron chi connectivity index (χ4n) is 3.48. The Balaban J connectivity index is 1.57. The molecule has 0 atom stereocenters. The Bertz CT molecular complexity index is 1240. The first-order chi connectivity index (χ1) is 16.6. The van der Waals surface area contributed by atoms with Crippen LogP contribution in [0.3, 0.4) is 0 Å². The van der Waals surface area contributed by atoms with E-state index >= 15 is 0 Å². The van der Waals surface area contributed by atoms with Crippen molar-refractivity contribution in [2.75, 3.05) is 39.1 Å². The van der Waals surface area contributed by atoms with E-state index in [-0.39, 0.29) is 0 Å². The molecule has 0 saturated carbocycles. The van der Waals surface area contributed by atoms with E-state index in [0.29, 0.717) is 42.0 Å². The summed E-state index contributed by atoms with van der Waals surface area (Å²) in [6.07, 6.45) is 1.71. The van der Waals surface area contributed by atoms with Crippen LogP contribution in [0.1, 0.15) is 11.1 Å². The van der Waals surface area contributed by atoms with E-state index < -0.39 is 0 Å². The molecular weight excluding hydrogens is 434 g/mol. The van der Waals surface area contributed by atoms with Crippen LogP contribution in [-0.2, 0) is 13.1 Å². The Hall–Kier alpha value is -4.27. The minimum atomic E-state index is 0.457. The van der Waals surface area contributed by atoms with E-state index in [9.17, 15) is 0 Å². The molecule has 2 N–H and O–H groups in total. The van der Waals surface area contributed by atoms with Crippen LogP contribution in [0.15, 0.2) is 54.7 Å². The van der Waals surface area contributed by atoms with Crippen molar-refractivity contribution < 1.29 is 18.9 Å². The lowest BCUT2D eigenvalue weighted by Gasteiger charge is -2.13. The number of pyridine rings is 1. The zero-order valence-electron chi connectivity index (χ0n) is 19.6. The van der Waals surface area contributed by atoms with Crippen molar-refractivity contribution in [3.63, 3.8) is 0 Å². The van der Waals surface area contributed by atoms with Crippen LogP contribution in [0, 0.1) is 0 Å². The van der Waals surface area contributed by atoms with Crippen LogP contribution >= 0.6 is 0 Å². The van der Waals surface area contributed by atoms with E-state index in [1.54, 1.807) is 34.6 Å². The summed E-state index contributed by atoms with van der Waals surface area (Å²) >= 11 is 0. The Morgan fingerprint density at radius 3 is 1.74 bits per heavy atom. The van der Waals surface area contributed by atoms with Crippen LogP contribution in [0.2, 0.25) is 0 Å². The number of nitrogens with zero attached hydrogens (tertiary/aromatic N) is 3. The summed E-state index contributed by atoms with van der Waals surface area (Å²) in [5, 5.41) is 7.50. The third-order valence-corrected chi connectivity index (χ3v) is 5.20. The van der Waals surface area contributed by atoms with Gasteiger partial charge in [-0.05, 0) is 47.5 Å². The molecular formula is C25H27N5O4. The molecule has 4 aromatic rings. The number of fused-ring (bicyclic) bond motifs is 1. The highest BCUT2D eigenvalue weighted by Gasteiger charge is 2.10. The summed E-state index contributed by atoms with van der Waals surface area (Å²) in [6.45, 7) is 1.000. The molecule has 2 aromatic carbocycles. The molecule has 0 saturated heterocycles.